The zero-order valence-corrected chi connectivity index (χ0v) is 9.60. The summed E-state index contributed by atoms with van der Waals surface area (Å²) in [6, 6.07) is 0. The van der Waals surface area contributed by atoms with E-state index in [1.807, 2.05) is 6.92 Å². The van der Waals surface area contributed by atoms with E-state index in [0.717, 1.165) is 0 Å². The summed E-state index contributed by atoms with van der Waals surface area (Å²) in [6.07, 6.45) is 2.82. The van der Waals surface area contributed by atoms with E-state index in [4.69, 9.17) is 0 Å². The van der Waals surface area contributed by atoms with E-state index in [1.54, 1.807) is 6.26 Å². The van der Waals surface area contributed by atoms with Crippen molar-refractivity contribution in [2.75, 3.05) is 18.6 Å². The molecule has 2 unspecified atom stereocenters. The smallest absolute Gasteiger partial charge is 0.220 e. The topological polar surface area (TPSA) is 66.4 Å². The normalized spacial score (nSPS) is 14.8. The molecule has 0 fully saturated rings. The zero-order chi connectivity index (χ0) is 11.0. The fourth-order valence-corrected chi connectivity index (χ4v) is 1.38. The van der Waals surface area contributed by atoms with Gasteiger partial charge in [-0.25, -0.2) is 0 Å². The lowest BCUT2D eigenvalue weighted by Gasteiger charge is -2.08. The summed E-state index contributed by atoms with van der Waals surface area (Å²) < 4.78 is 10.7. The van der Waals surface area contributed by atoms with Gasteiger partial charge in [-0.1, -0.05) is 6.92 Å². The maximum atomic E-state index is 11.1. The highest BCUT2D eigenvalue weighted by Gasteiger charge is 2.04. The van der Waals surface area contributed by atoms with Crippen molar-refractivity contribution in [3.8, 4) is 0 Å². The van der Waals surface area contributed by atoms with Crippen molar-refractivity contribution in [2.45, 2.75) is 32.3 Å². The van der Waals surface area contributed by atoms with Gasteiger partial charge in [0.1, 0.15) is 0 Å². The summed E-state index contributed by atoms with van der Waals surface area (Å²) in [5.41, 5.74) is 0. The van der Waals surface area contributed by atoms with Crippen molar-refractivity contribution in [2.24, 2.45) is 0 Å². The Bertz CT molecular complexity index is 196. The van der Waals surface area contributed by atoms with Crippen LogP contribution < -0.4 is 5.32 Å². The lowest BCUT2D eigenvalue weighted by Crippen LogP contribution is -2.27. The molecule has 0 aromatic carbocycles. The summed E-state index contributed by atoms with van der Waals surface area (Å²) in [5.74, 6) is 0.311. The van der Waals surface area contributed by atoms with Crippen molar-refractivity contribution in [1.82, 2.24) is 5.32 Å². The predicted octanol–water partition coefficient (Wildman–Crippen LogP) is 0.0322. The van der Waals surface area contributed by atoms with Crippen molar-refractivity contribution in [3.05, 3.63) is 0 Å². The van der Waals surface area contributed by atoms with Gasteiger partial charge >= 0.3 is 0 Å². The van der Waals surface area contributed by atoms with E-state index < -0.39 is 10.8 Å². The molecule has 0 saturated heterocycles. The Morgan fingerprint density at radius 2 is 2.21 bits per heavy atom. The lowest BCUT2D eigenvalue weighted by molar-refractivity contribution is -0.120. The molecule has 0 spiro atoms. The molecule has 0 aromatic heterocycles. The fourth-order valence-electron chi connectivity index (χ4n) is 0.907. The molecule has 5 heteroatoms. The Labute approximate surface area is 87.5 Å². The van der Waals surface area contributed by atoms with Gasteiger partial charge in [0.25, 0.3) is 0 Å². The first-order chi connectivity index (χ1) is 6.56. The van der Waals surface area contributed by atoms with Crippen molar-refractivity contribution in [1.29, 1.82) is 0 Å². The highest BCUT2D eigenvalue weighted by Crippen LogP contribution is 1.94. The molecule has 0 aromatic rings. The summed E-state index contributed by atoms with van der Waals surface area (Å²) in [6.45, 7) is 2.39. The maximum absolute atomic E-state index is 11.1. The van der Waals surface area contributed by atoms with Crippen molar-refractivity contribution >= 4 is 16.7 Å². The molecule has 2 atom stereocenters. The summed E-state index contributed by atoms with van der Waals surface area (Å²) in [5, 5.41) is 11.9. The quantitative estimate of drug-likeness (QED) is 0.637. The molecule has 14 heavy (non-hydrogen) atoms. The molecule has 0 aliphatic carbocycles. The van der Waals surface area contributed by atoms with Crippen LogP contribution in [0.15, 0.2) is 0 Å². The summed E-state index contributed by atoms with van der Waals surface area (Å²) in [7, 11) is -0.912. The molecule has 4 nitrogen and oxygen atoms in total. The third kappa shape index (κ3) is 8.19. The van der Waals surface area contributed by atoms with Crippen LogP contribution in [0, 0.1) is 0 Å². The maximum Gasteiger partial charge on any atom is 0.220 e. The van der Waals surface area contributed by atoms with Gasteiger partial charge in [-0.15, -0.1) is 0 Å². The summed E-state index contributed by atoms with van der Waals surface area (Å²) in [4.78, 5) is 11.1. The molecule has 0 aliphatic heterocycles. The Morgan fingerprint density at radius 1 is 1.57 bits per heavy atom. The van der Waals surface area contributed by atoms with Gasteiger partial charge in [0.05, 0.1) is 6.10 Å². The average molecular weight is 221 g/mol. The zero-order valence-electron chi connectivity index (χ0n) is 8.78. The third-order valence-electron chi connectivity index (χ3n) is 1.89. The van der Waals surface area contributed by atoms with E-state index in [9.17, 15) is 14.1 Å². The molecule has 0 aliphatic rings. The molecule has 0 saturated carbocycles. The predicted molar refractivity (Wildman–Crippen MR) is 57.5 cm³/mol. The Morgan fingerprint density at radius 3 is 2.71 bits per heavy atom. The third-order valence-corrected chi connectivity index (χ3v) is 2.67. The van der Waals surface area contributed by atoms with Crippen LogP contribution in [0.1, 0.15) is 26.2 Å². The highest BCUT2D eigenvalue weighted by atomic mass is 32.2. The number of aliphatic hydroxyl groups is 1. The van der Waals surface area contributed by atoms with Crippen LogP contribution in [0.3, 0.4) is 0 Å². The molecule has 1 amide bonds. The first-order valence-corrected chi connectivity index (χ1v) is 6.53. The molecule has 0 rings (SSSR count). The molecule has 2 N–H and O–H groups in total. The summed E-state index contributed by atoms with van der Waals surface area (Å²) >= 11 is 0. The van der Waals surface area contributed by atoms with Crippen LogP contribution in [-0.4, -0.2) is 39.9 Å². The van der Waals surface area contributed by atoms with E-state index in [1.165, 1.54) is 0 Å². The monoisotopic (exact) mass is 221 g/mol. The largest absolute Gasteiger partial charge is 0.393 e. The highest BCUT2D eigenvalue weighted by molar-refractivity contribution is 7.84. The Hall–Kier alpha value is -0.420. The number of aliphatic hydroxyl groups excluding tert-OH is 1. The second kappa shape index (κ2) is 7.94. The second-order valence-electron chi connectivity index (χ2n) is 3.23. The average Bonchev–Trinajstić information content (AvgIpc) is 2.14. The van der Waals surface area contributed by atoms with Gasteiger partial charge in [0, 0.05) is 35.8 Å². The second-order valence-corrected chi connectivity index (χ2v) is 4.78. The Kier molecular flexibility index (Phi) is 7.70. The number of hydrogen-bond donors (Lipinski definition) is 2. The first kappa shape index (κ1) is 13.6. The standard InChI is InChI=1S/C9H19NO3S/c1-3-8(11)4-6-10-9(12)5-7-14(2)13/h8,11H,3-7H2,1-2H3,(H,10,12). The van der Waals surface area contributed by atoms with Crippen LogP contribution in [0.4, 0.5) is 0 Å². The van der Waals surface area contributed by atoms with Crippen LogP contribution in [0.2, 0.25) is 0 Å². The van der Waals surface area contributed by atoms with Gasteiger partial charge in [-0.3, -0.25) is 9.00 Å². The SMILES string of the molecule is CCC(O)CCNC(=O)CCS(C)=O. The van der Waals surface area contributed by atoms with Gasteiger partial charge in [0.2, 0.25) is 5.91 Å². The fraction of sp³-hybridized carbons (Fsp3) is 0.889. The molecule has 84 valence electrons. The van der Waals surface area contributed by atoms with Crippen molar-refractivity contribution < 1.29 is 14.1 Å². The molecule has 0 radical (unpaired) electrons. The Balaban J connectivity index is 3.40. The van der Waals surface area contributed by atoms with E-state index in [2.05, 4.69) is 5.32 Å². The number of rotatable bonds is 7. The number of nitrogens with one attached hydrogen (secondary N) is 1. The van der Waals surface area contributed by atoms with Crippen LogP contribution >= 0.6 is 0 Å². The molecular weight excluding hydrogens is 202 g/mol. The van der Waals surface area contributed by atoms with E-state index in [-0.39, 0.29) is 12.0 Å². The number of amides is 1. The number of hydrogen-bond acceptors (Lipinski definition) is 3. The van der Waals surface area contributed by atoms with Crippen molar-refractivity contribution in [3.63, 3.8) is 0 Å². The van der Waals surface area contributed by atoms with Crippen LogP contribution in [-0.2, 0) is 15.6 Å². The first-order valence-electron chi connectivity index (χ1n) is 4.81. The minimum atomic E-state index is -0.912. The minimum Gasteiger partial charge on any atom is -0.393 e. The van der Waals surface area contributed by atoms with Gasteiger partial charge < -0.3 is 10.4 Å². The van der Waals surface area contributed by atoms with Crippen LogP contribution in [0.25, 0.3) is 0 Å². The molecule has 0 bridgehead atoms. The van der Waals surface area contributed by atoms with Gasteiger partial charge in [0.15, 0.2) is 0 Å². The van der Waals surface area contributed by atoms with E-state index >= 15 is 0 Å². The van der Waals surface area contributed by atoms with Gasteiger partial charge in [-0.05, 0) is 12.8 Å². The molecule has 0 heterocycles. The lowest BCUT2D eigenvalue weighted by atomic mass is 10.2. The van der Waals surface area contributed by atoms with Gasteiger partial charge in [-0.2, -0.15) is 0 Å². The number of carbonyl (C=O) groups is 1. The molecular formula is C9H19NO3S. The number of carbonyl (C=O) groups excluding carboxylic acids is 1. The van der Waals surface area contributed by atoms with Crippen LogP contribution in [0.5, 0.6) is 0 Å². The minimum absolute atomic E-state index is 0.0940. The van der Waals surface area contributed by atoms with E-state index in [0.29, 0.717) is 31.6 Å².